The summed E-state index contributed by atoms with van der Waals surface area (Å²) in [6.07, 6.45) is 23.3. The van der Waals surface area contributed by atoms with Gasteiger partial charge >= 0.3 is 0 Å². The topological polar surface area (TPSA) is 60.2 Å². The third-order valence-electron chi connectivity index (χ3n) is 5.76. The van der Waals surface area contributed by atoms with Crippen molar-refractivity contribution in [1.29, 1.82) is 0 Å². The molecule has 0 radical (unpaired) electrons. The molecule has 1 rings (SSSR count). The Morgan fingerprint density at radius 2 is 1.10 bits per heavy atom. The van der Waals surface area contributed by atoms with E-state index in [9.17, 15) is 14.9 Å². The molecule has 1 aromatic carbocycles. The first-order chi connectivity index (χ1) is 15.1. The minimum absolute atomic E-state index is 0.0602. The summed E-state index contributed by atoms with van der Waals surface area (Å²) in [7, 11) is 0. The lowest BCUT2D eigenvalue weighted by molar-refractivity contribution is -0.384. The molecule has 0 unspecified atom stereocenters. The van der Waals surface area contributed by atoms with Crippen molar-refractivity contribution in [2.45, 2.75) is 127 Å². The Hall–Kier alpha value is -1.36. The quantitative estimate of drug-likeness (QED) is 0.0861. The SMILES string of the molecule is CCCCCCCCCCCCCCCCCCCC(=O)Sc1ccc([N+](=O)[O-])cc1. The summed E-state index contributed by atoms with van der Waals surface area (Å²) in [6, 6.07) is 6.20. The van der Waals surface area contributed by atoms with E-state index in [-0.39, 0.29) is 10.8 Å². The molecule has 31 heavy (non-hydrogen) atoms. The highest BCUT2D eigenvalue weighted by atomic mass is 32.2. The van der Waals surface area contributed by atoms with E-state index in [0.717, 1.165) is 17.7 Å². The summed E-state index contributed by atoms with van der Waals surface area (Å²) < 4.78 is 0. The highest BCUT2D eigenvalue weighted by molar-refractivity contribution is 8.13. The van der Waals surface area contributed by atoms with Crippen LogP contribution in [0.2, 0.25) is 0 Å². The largest absolute Gasteiger partial charge is 0.287 e. The van der Waals surface area contributed by atoms with Gasteiger partial charge in [-0.2, -0.15) is 0 Å². The van der Waals surface area contributed by atoms with Gasteiger partial charge in [0, 0.05) is 23.4 Å². The summed E-state index contributed by atoms with van der Waals surface area (Å²) in [5.74, 6) is 0. The molecule has 0 saturated heterocycles. The van der Waals surface area contributed by atoms with Gasteiger partial charge in [-0.15, -0.1) is 0 Å². The van der Waals surface area contributed by atoms with Crippen molar-refractivity contribution in [3.05, 3.63) is 34.4 Å². The first-order valence-corrected chi connectivity index (χ1v) is 13.4. The van der Waals surface area contributed by atoms with Crippen LogP contribution in [0, 0.1) is 10.1 Å². The summed E-state index contributed by atoms with van der Waals surface area (Å²) in [6.45, 7) is 2.27. The molecule has 0 aliphatic heterocycles. The summed E-state index contributed by atoms with van der Waals surface area (Å²) in [5, 5.41) is 10.8. The lowest BCUT2D eigenvalue weighted by atomic mass is 10.0. The molecule has 0 aromatic heterocycles. The van der Waals surface area contributed by atoms with E-state index in [1.165, 1.54) is 120 Å². The summed E-state index contributed by atoms with van der Waals surface area (Å²) >= 11 is 1.19. The van der Waals surface area contributed by atoms with E-state index in [0.29, 0.717) is 6.42 Å². The highest BCUT2D eigenvalue weighted by Gasteiger charge is 2.08. The Labute approximate surface area is 194 Å². The average Bonchev–Trinajstić information content (AvgIpc) is 2.76. The number of hydrogen-bond donors (Lipinski definition) is 0. The van der Waals surface area contributed by atoms with Crippen LogP contribution in [-0.2, 0) is 4.79 Å². The van der Waals surface area contributed by atoms with Crippen LogP contribution in [0.1, 0.15) is 122 Å². The maximum atomic E-state index is 12.0. The zero-order chi connectivity index (χ0) is 22.6. The third-order valence-corrected chi connectivity index (χ3v) is 6.70. The van der Waals surface area contributed by atoms with Crippen LogP contribution in [0.5, 0.6) is 0 Å². The van der Waals surface area contributed by atoms with Crippen molar-refractivity contribution in [2.24, 2.45) is 0 Å². The minimum atomic E-state index is -0.423. The van der Waals surface area contributed by atoms with Gasteiger partial charge in [-0.25, -0.2) is 0 Å². The van der Waals surface area contributed by atoms with E-state index in [1.807, 2.05) is 0 Å². The van der Waals surface area contributed by atoms with Crippen LogP contribution < -0.4 is 0 Å². The summed E-state index contributed by atoms with van der Waals surface area (Å²) in [4.78, 5) is 23.0. The molecule has 4 nitrogen and oxygen atoms in total. The molecule has 0 fully saturated rings. The molecule has 5 heteroatoms. The van der Waals surface area contributed by atoms with Gasteiger partial charge in [-0.05, 0) is 18.6 Å². The summed E-state index contributed by atoms with van der Waals surface area (Å²) in [5.41, 5.74) is 0.0602. The van der Waals surface area contributed by atoms with Gasteiger partial charge in [-0.3, -0.25) is 14.9 Å². The normalized spacial score (nSPS) is 11.0. The monoisotopic (exact) mass is 449 g/mol. The molecule has 0 heterocycles. The van der Waals surface area contributed by atoms with Crippen molar-refractivity contribution < 1.29 is 9.72 Å². The van der Waals surface area contributed by atoms with Crippen LogP contribution >= 0.6 is 11.8 Å². The number of non-ortho nitro benzene ring substituents is 1. The molecule has 0 spiro atoms. The molecule has 1 aromatic rings. The molecule has 0 amide bonds. The predicted molar refractivity (Wildman–Crippen MR) is 133 cm³/mol. The van der Waals surface area contributed by atoms with Crippen molar-refractivity contribution in [2.75, 3.05) is 0 Å². The molecule has 0 bridgehead atoms. The van der Waals surface area contributed by atoms with Gasteiger partial charge in [0.05, 0.1) is 4.92 Å². The number of rotatable bonds is 20. The fourth-order valence-corrected chi connectivity index (χ4v) is 4.59. The molecule has 0 atom stereocenters. The van der Waals surface area contributed by atoms with Crippen LogP contribution in [0.3, 0.4) is 0 Å². The van der Waals surface area contributed by atoms with Crippen LogP contribution in [0.4, 0.5) is 5.69 Å². The van der Waals surface area contributed by atoms with Crippen LogP contribution in [0.25, 0.3) is 0 Å². The number of nitrogens with zero attached hydrogens (tertiary/aromatic N) is 1. The van der Waals surface area contributed by atoms with E-state index in [2.05, 4.69) is 6.92 Å². The maximum Gasteiger partial charge on any atom is 0.269 e. The lowest BCUT2D eigenvalue weighted by Gasteiger charge is -2.04. The molecular weight excluding hydrogens is 406 g/mol. The second-order valence-electron chi connectivity index (χ2n) is 8.63. The Kier molecular flexibility index (Phi) is 17.3. The third kappa shape index (κ3) is 16.0. The van der Waals surface area contributed by atoms with Crippen molar-refractivity contribution >= 4 is 22.6 Å². The number of thioether (sulfide) groups is 1. The van der Waals surface area contributed by atoms with Gasteiger partial charge in [0.2, 0.25) is 0 Å². The first kappa shape index (κ1) is 27.7. The maximum absolute atomic E-state index is 12.0. The molecule has 0 N–H and O–H groups in total. The Morgan fingerprint density at radius 3 is 1.48 bits per heavy atom. The second-order valence-corrected chi connectivity index (χ2v) is 9.76. The highest BCUT2D eigenvalue weighted by Crippen LogP contribution is 2.24. The van der Waals surface area contributed by atoms with Gasteiger partial charge in [0.15, 0.2) is 5.12 Å². The lowest BCUT2D eigenvalue weighted by Crippen LogP contribution is -1.92. The first-order valence-electron chi connectivity index (χ1n) is 12.6. The fourth-order valence-electron chi connectivity index (χ4n) is 3.81. The van der Waals surface area contributed by atoms with E-state index in [1.54, 1.807) is 12.1 Å². The predicted octanol–water partition coefficient (Wildman–Crippen LogP) is 9.26. The van der Waals surface area contributed by atoms with Gasteiger partial charge in [0.1, 0.15) is 0 Å². The van der Waals surface area contributed by atoms with E-state index in [4.69, 9.17) is 0 Å². The van der Waals surface area contributed by atoms with Gasteiger partial charge in [-0.1, -0.05) is 121 Å². The molecule has 0 aliphatic rings. The number of benzene rings is 1. The smallest absolute Gasteiger partial charge is 0.269 e. The van der Waals surface area contributed by atoms with Crippen LogP contribution in [-0.4, -0.2) is 10.0 Å². The standard InChI is InChI=1S/C26H43NO3S/c1-2-3-4-5-6-7-8-9-10-11-12-13-14-15-16-17-18-19-26(28)31-25-22-20-24(21-23-25)27(29)30/h20-23H,2-19H2,1H3. The molecule has 0 aliphatic carbocycles. The van der Waals surface area contributed by atoms with E-state index < -0.39 is 4.92 Å². The van der Waals surface area contributed by atoms with E-state index >= 15 is 0 Å². The fraction of sp³-hybridized carbons (Fsp3) is 0.731. The molecule has 176 valence electrons. The molecule has 0 saturated carbocycles. The number of nitro groups is 1. The number of carbonyl (C=O) groups excluding carboxylic acids is 1. The average molecular weight is 450 g/mol. The number of unbranched alkanes of at least 4 members (excludes halogenated alkanes) is 16. The van der Waals surface area contributed by atoms with Crippen LogP contribution in [0.15, 0.2) is 29.2 Å². The van der Waals surface area contributed by atoms with Crippen molar-refractivity contribution in [3.8, 4) is 0 Å². The van der Waals surface area contributed by atoms with Crippen molar-refractivity contribution in [3.63, 3.8) is 0 Å². The Balaban J connectivity index is 1.84. The van der Waals surface area contributed by atoms with Crippen molar-refractivity contribution in [1.82, 2.24) is 0 Å². The number of nitro benzene ring substituents is 1. The number of hydrogen-bond acceptors (Lipinski definition) is 4. The zero-order valence-electron chi connectivity index (χ0n) is 19.6. The zero-order valence-corrected chi connectivity index (χ0v) is 20.4. The second kappa shape index (κ2) is 19.3. The Morgan fingerprint density at radius 1 is 0.710 bits per heavy atom. The molecular formula is C26H43NO3S. The van der Waals surface area contributed by atoms with Gasteiger partial charge < -0.3 is 0 Å². The minimum Gasteiger partial charge on any atom is -0.287 e. The van der Waals surface area contributed by atoms with Gasteiger partial charge in [0.25, 0.3) is 5.69 Å². The Bertz CT molecular complexity index is 589. The number of carbonyl (C=O) groups is 1.